The number of hydrogen-bond acceptors (Lipinski definition) is 3. The molecule has 0 fully saturated rings. The normalized spacial score (nSPS) is 10.0. The zero-order valence-corrected chi connectivity index (χ0v) is 10.6. The van der Waals surface area contributed by atoms with Crippen LogP contribution in [0.15, 0.2) is 0 Å². The second-order valence-corrected chi connectivity index (χ2v) is 1.47. The van der Waals surface area contributed by atoms with Gasteiger partial charge in [0.15, 0.2) is 0 Å². The molecule has 0 amide bonds. The summed E-state index contributed by atoms with van der Waals surface area (Å²) in [6.45, 7) is 0. The minimum absolute atomic E-state index is 0. The van der Waals surface area contributed by atoms with Gasteiger partial charge in [-0.05, 0) is 8.91 Å². The second kappa shape index (κ2) is 4.70. The molecular formula is HCsFO4S. The van der Waals surface area contributed by atoms with E-state index in [1.165, 1.54) is 0 Å². The molecule has 4 nitrogen and oxygen atoms in total. The molecule has 0 heterocycles. The minimum Gasteiger partial charge on any atom is -0.262 e. The Kier molecular flexibility index (Phi) is 7.81. The molecule has 0 aliphatic rings. The van der Waals surface area contributed by atoms with E-state index < -0.39 is 10.4 Å². The zero-order chi connectivity index (χ0) is 5.21. The number of hydrogen-bond donors (Lipinski definition) is 1. The first-order valence-corrected chi connectivity index (χ1v) is 2.20. The van der Waals surface area contributed by atoms with Crippen LogP contribution in [-0.2, 0) is 14.8 Å². The Morgan fingerprint density at radius 2 is 1.71 bits per heavy atom. The van der Waals surface area contributed by atoms with Gasteiger partial charge in [0, 0.05) is 68.9 Å². The second-order valence-electron chi connectivity index (χ2n) is 0.491. The van der Waals surface area contributed by atoms with Crippen molar-refractivity contribution in [1.29, 1.82) is 0 Å². The molecule has 0 spiro atoms. The predicted molar refractivity (Wildman–Crippen MR) is 19.5 cm³/mol. The summed E-state index contributed by atoms with van der Waals surface area (Å²) in [5, 5.41) is 0. The molecule has 0 aliphatic heterocycles. The van der Waals surface area contributed by atoms with Crippen molar-refractivity contribution in [2.75, 3.05) is 0 Å². The summed E-state index contributed by atoms with van der Waals surface area (Å²) >= 11 is 0. The Labute approximate surface area is 98.7 Å². The van der Waals surface area contributed by atoms with Gasteiger partial charge in [0.1, 0.15) is 0 Å². The maximum Gasteiger partial charge on any atom is 0.428 e. The molecule has 0 saturated carbocycles. The molecule has 0 aromatic heterocycles. The van der Waals surface area contributed by atoms with Crippen LogP contribution in [0.1, 0.15) is 0 Å². The summed E-state index contributed by atoms with van der Waals surface area (Å²) < 4.78 is 37.2. The fourth-order valence-corrected chi connectivity index (χ4v) is 0. The van der Waals surface area contributed by atoms with Crippen molar-refractivity contribution >= 4 is 79.3 Å². The van der Waals surface area contributed by atoms with Gasteiger partial charge in [0.05, 0.1) is 0 Å². The molecule has 0 saturated heterocycles. The first kappa shape index (κ1) is 11.6. The Balaban J connectivity index is 0. The van der Waals surface area contributed by atoms with Gasteiger partial charge in [-0.1, -0.05) is 0 Å². The van der Waals surface area contributed by atoms with Crippen LogP contribution >= 0.6 is 0 Å². The van der Waals surface area contributed by atoms with Crippen LogP contribution in [0.25, 0.3) is 0 Å². The summed E-state index contributed by atoms with van der Waals surface area (Å²) in [5.74, 6) is 0. The van der Waals surface area contributed by atoms with Crippen LogP contribution in [0.4, 0.5) is 4.53 Å². The average molecular weight is 249 g/mol. The molecule has 0 unspecified atom stereocenters. The van der Waals surface area contributed by atoms with Crippen molar-refractivity contribution < 1.29 is 21.9 Å². The Bertz CT molecular complexity index is 114. The van der Waals surface area contributed by atoms with E-state index in [0.29, 0.717) is 0 Å². The van der Waals surface area contributed by atoms with E-state index in [9.17, 15) is 4.53 Å². The third-order valence-electron chi connectivity index (χ3n) is 0.0796. The quantitative estimate of drug-likeness (QED) is 0.625. The Hall–Kier alpha value is 1.85. The van der Waals surface area contributed by atoms with Gasteiger partial charge >= 0.3 is 10.4 Å². The fourth-order valence-electron chi connectivity index (χ4n) is 0. The van der Waals surface area contributed by atoms with Crippen molar-refractivity contribution in [3.8, 4) is 0 Å². The van der Waals surface area contributed by atoms with Crippen molar-refractivity contribution in [3.05, 3.63) is 0 Å². The summed E-state index contributed by atoms with van der Waals surface area (Å²) in [6, 6.07) is 0. The van der Waals surface area contributed by atoms with Gasteiger partial charge in [0.25, 0.3) is 0 Å². The average Bonchev–Trinajstić information content (AvgIpc) is 1.35. The summed E-state index contributed by atoms with van der Waals surface area (Å²) in [5.41, 5.74) is 0. The summed E-state index contributed by atoms with van der Waals surface area (Å²) in [4.78, 5) is 0. The van der Waals surface area contributed by atoms with E-state index in [0.717, 1.165) is 0 Å². The molecule has 0 rings (SSSR count). The molecule has 0 bridgehead atoms. The number of rotatable bonds is 1. The summed E-state index contributed by atoms with van der Waals surface area (Å²) in [7, 11) is -4.83. The molecule has 39 valence electrons. The van der Waals surface area contributed by atoms with Crippen molar-refractivity contribution in [2.24, 2.45) is 0 Å². The molecule has 1 N–H and O–H groups in total. The van der Waals surface area contributed by atoms with Crippen molar-refractivity contribution in [1.82, 2.24) is 0 Å². The molecular weight excluding hydrogens is 248 g/mol. The van der Waals surface area contributed by atoms with E-state index in [2.05, 4.69) is 0 Å². The van der Waals surface area contributed by atoms with E-state index >= 15 is 0 Å². The Morgan fingerprint density at radius 3 is 1.71 bits per heavy atom. The zero-order valence-electron chi connectivity index (χ0n) is 3.46. The van der Waals surface area contributed by atoms with Gasteiger partial charge in [-0.3, -0.25) is 4.55 Å². The van der Waals surface area contributed by atoms with Crippen LogP contribution in [0.3, 0.4) is 0 Å². The van der Waals surface area contributed by atoms with Crippen LogP contribution in [0.2, 0.25) is 0 Å². The predicted octanol–water partition coefficient (Wildman–Crippen LogP) is -0.690. The van der Waals surface area contributed by atoms with Crippen molar-refractivity contribution in [3.63, 3.8) is 0 Å². The van der Waals surface area contributed by atoms with Crippen LogP contribution in [0, 0.1) is 0 Å². The van der Waals surface area contributed by atoms with Gasteiger partial charge in [-0.25, -0.2) is 0 Å². The molecule has 0 aliphatic carbocycles. The maximum absolute atomic E-state index is 10.2. The first-order valence-electron chi connectivity index (χ1n) is 0.837. The minimum atomic E-state index is -4.83. The van der Waals surface area contributed by atoms with Crippen LogP contribution in [0.5, 0.6) is 0 Å². The standard InChI is InChI=1S/Cs.FHO4S/c;1-5-6(2,3)4/h;(H,2,3,4). The number of halogens is 1. The van der Waals surface area contributed by atoms with Gasteiger partial charge < -0.3 is 0 Å². The fraction of sp³-hybridized carbons (Fsp3) is 0. The maximum atomic E-state index is 10.2. The van der Waals surface area contributed by atoms with Crippen molar-refractivity contribution in [2.45, 2.75) is 0 Å². The largest absolute Gasteiger partial charge is 0.428 e. The first-order chi connectivity index (χ1) is 2.56. The molecule has 0 aromatic carbocycles. The Morgan fingerprint density at radius 1 is 1.57 bits per heavy atom. The third kappa shape index (κ3) is 11.4. The summed E-state index contributed by atoms with van der Waals surface area (Å²) in [6.07, 6.45) is 0. The molecule has 0 atom stereocenters. The molecule has 1 radical (unpaired) electrons. The monoisotopic (exact) mass is 249 g/mol. The van der Waals surface area contributed by atoms with E-state index in [1.807, 2.05) is 4.39 Å². The van der Waals surface area contributed by atoms with Crippen LogP contribution < -0.4 is 0 Å². The third-order valence-corrected chi connectivity index (χ3v) is 0.239. The van der Waals surface area contributed by atoms with E-state index in [-0.39, 0.29) is 68.9 Å². The smallest absolute Gasteiger partial charge is 0.262 e. The van der Waals surface area contributed by atoms with E-state index in [1.54, 1.807) is 0 Å². The van der Waals surface area contributed by atoms with Gasteiger partial charge in [-0.2, -0.15) is 8.42 Å². The molecule has 7 heavy (non-hydrogen) atoms. The molecule has 7 heteroatoms. The molecule has 0 aromatic rings. The van der Waals surface area contributed by atoms with Gasteiger partial charge in [0.2, 0.25) is 0 Å². The van der Waals surface area contributed by atoms with Crippen LogP contribution in [-0.4, -0.2) is 81.9 Å². The van der Waals surface area contributed by atoms with Gasteiger partial charge in [-0.15, -0.1) is 0 Å². The SMILES string of the molecule is O=S(=O)(O)OF.[Cs]. The van der Waals surface area contributed by atoms with E-state index in [4.69, 9.17) is 13.0 Å². The topological polar surface area (TPSA) is 63.6 Å².